The molecule has 0 bridgehead atoms. The lowest BCUT2D eigenvalue weighted by atomic mass is 9.91. The number of rotatable bonds is 9. The van der Waals surface area contributed by atoms with Gasteiger partial charge in [0.15, 0.2) is 0 Å². The maximum atomic E-state index is 2.27. The molecule has 0 N–H and O–H groups in total. The zero-order valence-electron chi connectivity index (χ0n) is 16.0. The topological polar surface area (TPSA) is 0 Å². The third-order valence-corrected chi connectivity index (χ3v) is 4.46. The fraction of sp³-hybridized carbons (Fsp3) is 0.538. The van der Waals surface area contributed by atoms with E-state index in [1.54, 1.807) is 0 Å². The van der Waals surface area contributed by atoms with E-state index in [0.29, 0.717) is 0 Å². The quantitative estimate of drug-likeness (QED) is 0.393. The summed E-state index contributed by atoms with van der Waals surface area (Å²) >= 11 is 0. The summed E-state index contributed by atoms with van der Waals surface area (Å²) in [5, 5.41) is 0. The monoisotopic (exact) mass is 356 g/mol. The predicted molar refractivity (Wildman–Crippen MR) is 122 cm³/mol. The smallest absolute Gasteiger partial charge is 0.0162 e. The molecule has 26 heavy (non-hydrogen) atoms. The SMILES string of the molecule is C.C.CCCC(CCC)c1ccccc1.CCCCCc1ccccc1. The average Bonchev–Trinajstić information content (AvgIpc) is 2.64. The average molecular weight is 357 g/mol. The van der Waals surface area contributed by atoms with Gasteiger partial charge in [0.25, 0.3) is 0 Å². The van der Waals surface area contributed by atoms with Gasteiger partial charge < -0.3 is 0 Å². The van der Waals surface area contributed by atoms with E-state index in [1.807, 2.05) is 0 Å². The summed E-state index contributed by atoms with van der Waals surface area (Å²) in [7, 11) is 0. The normalized spacial score (nSPS) is 9.54. The van der Waals surface area contributed by atoms with Gasteiger partial charge in [-0.15, -0.1) is 0 Å². The third-order valence-electron chi connectivity index (χ3n) is 4.46. The Labute approximate surface area is 165 Å². The Morgan fingerprint density at radius 1 is 0.615 bits per heavy atom. The van der Waals surface area contributed by atoms with Crippen LogP contribution in [-0.4, -0.2) is 0 Å². The van der Waals surface area contributed by atoms with Crippen LogP contribution in [0.15, 0.2) is 60.7 Å². The van der Waals surface area contributed by atoms with Crippen LogP contribution in [0.5, 0.6) is 0 Å². The molecule has 0 aliphatic heterocycles. The summed E-state index contributed by atoms with van der Waals surface area (Å²) in [6.45, 7) is 6.78. The van der Waals surface area contributed by atoms with Crippen LogP contribution in [0.2, 0.25) is 0 Å². The lowest BCUT2D eigenvalue weighted by Crippen LogP contribution is -1.97. The summed E-state index contributed by atoms with van der Waals surface area (Å²) in [6.07, 6.45) is 10.5. The molecule has 0 heterocycles. The first-order chi connectivity index (χ1) is 11.8. The largest absolute Gasteiger partial charge is 0.0776 e. The van der Waals surface area contributed by atoms with Gasteiger partial charge >= 0.3 is 0 Å². The molecular formula is C26H44. The van der Waals surface area contributed by atoms with Crippen LogP contribution in [0.25, 0.3) is 0 Å². The van der Waals surface area contributed by atoms with Crippen LogP contribution in [-0.2, 0) is 6.42 Å². The van der Waals surface area contributed by atoms with E-state index in [1.165, 1.54) is 62.5 Å². The number of hydrogen-bond donors (Lipinski definition) is 0. The molecule has 0 atom stereocenters. The molecule has 148 valence electrons. The molecule has 0 radical (unpaired) electrons. The van der Waals surface area contributed by atoms with E-state index in [4.69, 9.17) is 0 Å². The second-order valence-corrected chi connectivity index (χ2v) is 6.63. The molecule has 0 fully saturated rings. The van der Waals surface area contributed by atoms with Gasteiger partial charge in [0.2, 0.25) is 0 Å². The highest BCUT2D eigenvalue weighted by Gasteiger charge is 2.07. The van der Waals surface area contributed by atoms with Gasteiger partial charge in [-0.05, 0) is 42.7 Å². The van der Waals surface area contributed by atoms with Crippen LogP contribution in [0, 0.1) is 0 Å². The molecule has 0 heteroatoms. The van der Waals surface area contributed by atoms with Crippen LogP contribution >= 0.6 is 0 Å². The summed E-state index contributed by atoms with van der Waals surface area (Å²) in [6, 6.07) is 21.6. The number of aryl methyl sites for hydroxylation is 1. The van der Waals surface area contributed by atoms with E-state index in [9.17, 15) is 0 Å². The van der Waals surface area contributed by atoms with Crippen molar-refractivity contribution in [3.05, 3.63) is 71.8 Å². The molecule has 0 aliphatic rings. The van der Waals surface area contributed by atoms with E-state index in [-0.39, 0.29) is 14.9 Å². The van der Waals surface area contributed by atoms with Crippen molar-refractivity contribution in [2.75, 3.05) is 0 Å². The number of hydrogen-bond acceptors (Lipinski definition) is 0. The van der Waals surface area contributed by atoms with Crippen LogP contribution < -0.4 is 0 Å². The third kappa shape index (κ3) is 11.9. The highest BCUT2D eigenvalue weighted by molar-refractivity contribution is 5.19. The van der Waals surface area contributed by atoms with Crippen molar-refractivity contribution in [3.8, 4) is 0 Å². The molecule has 2 rings (SSSR count). The highest BCUT2D eigenvalue weighted by atomic mass is 14.1. The Kier molecular flexibility index (Phi) is 18.7. The Balaban J connectivity index is 0. The van der Waals surface area contributed by atoms with Gasteiger partial charge in [-0.2, -0.15) is 0 Å². The van der Waals surface area contributed by atoms with E-state index >= 15 is 0 Å². The molecule has 0 aliphatic carbocycles. The molecule has 0 saturated carbocycles. The molecule has 0 aromatic heterocycles. The first-order valence-electron chi connectivity index (χ1n) is 9.90. The highest BCUT2D eigenvalue weighted by Crippen LogP contribution is 2.25. The number of benzene rings is 2. The van der Waals surface area contributed by atoms with Crippen molar-refractivity contribution in [2.24, 2.45) is 0 Å². The molecular weight excluding hydrogens is 312 g/mol. The molecule has 0 saturated heterocycles. The van der Waals surface area contributed by atoms with E-state index < -0.39 is 0 Å². The molecule has 2 aromatic carbocycles. The Morgan fingerprint density at radius 2 is 1.12 bits per heavy atom. The molecule has 0 amide bonds. The Bertz CT molecular complexity index is 480. The summed E-state index contributed by atoms with van der Waals surface area (Å²) in [4.78, 5) is 0. The van der Waals surface area contributed by atoms with Crippen LogP contribution in [0.4, 0.5) is 0 Å². The minimum Gasteiger partial charge on any atom is -0.0776 e. The first-order valence-corrected chi connectivity index (χ1v) is 9.90. The van der Waals surface area contributed by atoms with E-state index in [0.717, 1.165) is 5.92 Å². The fourth-order valence-corrected chi connectivity index (χ4v) is 3.12. The van der Waals surface area contributed by atoms with Crippen molar-refractivity contribution in [1.29, 1.82) is 0 Å². The standard InChI is InChI=1S/C13H20.C11H16.2CH4/c1-3-8-12(9-4-2)13-10-6-5-7-11-13;1-2-3-5-8-11-9-6-4-7-10-11;;/h5-7,10-12H,3-4,8-9H2,1-2H3;4,6-7,9-10H,2-3,5,8H2,1H3;2*1H4. The van der Waals surface area contributed by atoms with Crippen molar-refractivity contribution < 1.29 is 0 Å². The molecule has 0 spiro atoms. The van der Waals surface area contributed by atoms with Gasteiger partial charge in [0.05, 0.1) is 0 Å². The van der Waals surface area contributed by atoms with Crippen molar-refractivity contribution in [3.63, 3.8) is 0 Å². The predicted octanol–water partition coefficient (Wildman–Crippen LogP) is 9.06. The summed E-state index contributed by atoms with van der Waals surface area (Å²) in [5.41, 5.74) is 2.99. The molecule has 0 nitrogen and oxygen atoms in total. The first kappa shape index (κ1) is 26.7. The van der Waals surface area contributed by atoms with E-state index in [2.05, 4.69) is 81.4 Å². The van der Waals surface area contributed by atoms with Crippen molar-refractivity contribution >= 4 is 0 Å². The van der Waals surface area contributed by atoms with Gasteiger partial charge in [-0.25, -0.2) is 0 Å². The second kappa shape index (κ2) is 18.2. The zero-order valence-corrected chi connectivity index (χ0v) is 16.0. The lowest BCUT2D eigenvalue weighted by molar-refractivity contribution is 0.561. The number of unbranched alkanes of at least 4 members (excludes halogenated alkanes) is 2. The van der Waals surface area contributed by atoms with Crippen LogP contribution in [0.1, 0.15) is 97.6 Å². The van der Waals surface area contributed by atoms with Crippen molar-refractivity contribution in [1.82, 2.24) is 0 Å². The maximum absolute atomic E-state index is 2.27. The van der Waals surface area contributed by atoms with Crippen molar-refractivity contribution in [2.45, 2.75) is 92.9 Å². The molecule has 0 unspecified atom stereocenters. The van der Waals surface area contributed by atoms with Gasteiger partial charge in [-0.1, -0.05) is 122 Å². The fourth-order valence-electron chi connectivity index (χ4n) is 3.12. The van der Waals surface area contributed by atoms with Gasteiger partial charge in [-0.3, -0.25) is 0 Å². The molecule has 2 aromatic rings. The summed E-state index contributed by atoms with van der Waals surface area (Å²) in [5.74, 6) is 0.788. The van der Waals surface area contributed by atoms with Gasteiger partial charge in [0, 0.05) is 0 Å². The van der Waals surface area contributed by atoms with Gasteiger partial charge in [0.1, 0.15) is 0 Å². The Hall–Kier alpha value is -1.56. The summed E-state index contributed by atoms with van der Waals surface area (Å²) < 4.78 is 0. The second-order valence-electron chi connectivity index (χ2n) is 6.63. The zero-order chi connectivity index (χ0) is 17.5. The maximum Gasteiger partial charge on any atom is -0.0162 e. The lowest BCUT2D eigenvalue weighted by Gasteiger charge is -2.15. The Morgan fingerprint density at radius 3 is 1.58 bits per heavy atom. The van der Waals surface area contributed by atoms with Crippen LogP contribution in [0.3, 0.4) is 0 Å². The minimum atomic E-state index is 0. The minimum absolute atomic E-state index is 0.